The monoisotopic (exact) mass is 311 g/mol. The van der Waals surface area contributed by atoms with Gasteiger partial charge in [-0.15, -0.1) is 0 Å². The Bertz CT molecular complexity index is 531. The SMILES string of the molecule is CCOC(=O)c1ccc(C#CCBr)c([N+](=O)[O-])c1. The Balaban J connectivity index is 3.19. The van der Waals surface area contributed by atoms with Gasteiger partial charge in [0.1, 0.15) is 5.56 Å². The van der Waals surface area contributed by atoms with Gasteiger partial charge in [0, 0.05) is 6.07 Å². The Morgan fingerprint density at radius 1 is 1.56 bits per heavy atom. The van der Waals surface area contributed by atoms with Gasteiger partial charge < -0.3 is 4.74 Å². The molecule has 94 valence electrons. The van der Waals surface area contributed by atoms with Gasteiger partial charge in [0.15, 0.2) is 0 Å². The predicted molar refractivity (Wildman–Crippen MR) is 69.7 cm³/mol. The number of nitro groups is 1. The second kappa shape index (κ2) is 6.77. The molecule has 18 heavy (non-hydrogen) atoms. The van der Waals surface area contributed by atoms with Crippen molar-refractivity contribution in [1.82, 2.24) is 0 Å². The molecule has 0 unspecified atom stereocenters. The van der Waals surface area contributed by atoms with Gasteiger partial charge >= 0.3 is 5.97 Å². The van der Waals surface area contributed by atoms with Gasteiger partial charge in [0.25, 0.3) is 5.69 Å². The first kappa shape index (κ1) is 14.2. The molecule has 0 radical (unpaired) electrons. The van der Waals surface area contributed by atoms with Crippen LogP contribution >= 0.6 is 15.9 Å². The molecule has 0 atom stereocenters. The molecular formula is C12H10BrNO4. The third kappa shape index (κ3) is 3.57. The van der Waals surface area contributed by atoms with Gasteiger partial charge in [-0.1, -0.05) is 27.8 Å². The number of carbonyl (C=O) groups excluding carboxylic acids is 1. The Morgan fingerprint density at radius 3 is 2.83 bits per heavy atom. The molecule has 0 aromatic heterocycles. The molecule has 0 bridgehead atoms. The van der Waals surface area contributed by atoms with E-state index in [4.69, 9.17) is 4.74 Å². The zero-order valence-electron chi connectivity index (χ0n) is 9.60. The quantitative estimate of drug-likeness (QED) is 0.283. The first-order valence-electron chi connectivity index (χ1n) is 5.10. The number of hydrogen-bond acceptors (Lipinski definition) is 4. The first-order valence-corrected chi connectivity index (χ1v) is 6.22. The highest BCUT2D eigenvalue weighted by atomic mass is 79.9. The lowest BCUT2D eigenvalue weighted by Gasteiger charge is -2.02. The number of rotatable bonds is 3. The molecule has 0 heterocycles. The van der Waals surface area contributed by atoms with Gasteiger partial charge in [-0.05, 0) is 19.1 Å². The van der Waals surface area contributed by atoms with Crippen molar-refractivity contribution in [1.29, 1.82) is 0 Å². The Morgan fingerprint density at radius 2 is 2.28 bits per heavy atom. The van der Waals surface area contributed by atoms with Gasteiger partial charge in [0.05, 0.1) is 22.4 Å². The minimum Gasteiger partial charge on any atom is -0.462 e. The normalized spacial score (nSPS) is 9.22. The van der Waals surface area contributed by atoms with E-state index < -0.39 is 10.9 Å². The molecule has 0 aliphatic carbocycles. The number of halogens is 1. The van der Waals surface area contributed by atoms with Crippen LogP contribution in [0.2, 0.25) is 0 Å². The van der Waals surface area contributed by atoms with Crippen LogP contribution in [0.1, 0.15) is 22.8 Å². The smallest absolute Gasteiger partial charge is 0.338 e. The summed E-state index contributed by atoms with van der Waals surface area (Å²) in [5.41, 5.74) is 0.217. The van der Waals surface area contributed by atoms with Crippen molar-refractivity contribution in [2.45, 2.75) is 6.92 Å². The zero-order valence-corrected chi connectivity index (χ0v) is 11.2. The molecule has 0 N–H and O–H groups in total. The van der Waals surface area contributed by atoms with Crippen molar-refractivity contribution in [3.05, 3.63) is 39.4 Å². The summed E-state index contributed by atoms with van der Waals surface area (Å²) in [5, 5.41) is 11.3. The molecule has 5 nitrogen and oxygen atoms in total. The van der Waals surface area contributed by atoms with Crippen LogP contribution in [0.4, 0.5) is 5.69 Å². The van der Waals surface area contributed by atoms with Crippen molar-refractivity contribution >= 4 is 27.6 Å². The van der Waals surface area contributed by atoms with Crippen molar-refractivity contribution in [2.75, 3.05) is 11.9 Å². The molecule has 1 aromatic carbocycles. The zero-order chi connectivity index (χ0) is 13.5. The maximum Gasteiger partial charge on any atom is 0.338 e. The number of nitro benzene ring substituents is 1. The first-order chi connectivity index (χ1) is 8.60. The van der Waals surface area contributed by atoms with Crippen molar-refractivity contribution in [3.8, 4) is 11.8 Å². The molecule has 0 saturated heterocycles. The van der Waals surface area contributed by atoms with Gasteiger partial charge in [-0.25, -0.2) is 4.79 Å². The van der Waals surface area contributed by atoms with Crippen LogP contribution in [-0.4, -0.2) is 22.8 Å². The average molecular weight is 312 g/mol. The van der Waals surface area contributed by atoms with Crippen LogP contribution in [0, 0.1) is 22.0 Å². The van der Waals surface area contributed by atoms with Crippen LogP contribution in [0.15, 0.2) is 18.2 Å². The number of alkyl halides is 1. The summed E-state index contributed by atoms with van der Waals surface area (Å²) in [4.78, 5) is 21.8. The van der Waals surface area contributed by atoms with Crippen LogP contribution < -0.4 is 0 Å². The van der Waals surface area contributed by atoms with Crippen molar-refractivity contribution in [2.24, 2.45) is 0 Å². The second-order valence-electron chi connectivity index (χ2n) is 3.14. The largest absolute Gasteiger partial charge is 0.462 e. The van der Waals surface area contributed by atoms with E-state index in [1.165, 1.54) is 18.2 Å². The predicted octanol–water partition coefficient (Wildman–Crippen LogP) is 2.52. The Hall–Kier alpha value is -1.87. The summed E-state index contributed by atoms with van der Waals surface area (Å²) in [6, 6.07) is 4.08. The fourth-order valence-corrected chi connectivity index (χ4v) is 1.40. The highest BCUT2D eigenvalue weighted by Crippen LogP contribution is 2.20. The van der Waals surface area contributed by atoms with E-state index in [0.717, 1.165) is 0 Å². The summed E-state index contributed by atoms with van der Waals surface area (Å²) in [5.74, 6) is 4.75. The fourth-order valence-electron chi connectivity index (χ4n) is 1.26. The van der Waals surface area contributed by atoms with E-state index in [9.17, 15) is 14.9 Å². The lowest BCUT2D eigenvalue weighted by Crippen LogP contribution is -2.05. The molecule has 1 aromatic rings. The van der Waals surface area contributed by atoms with Crippen molar-refractivity contribution < 1.29 is 14.5 Å². The van der Waals surface area contributed by atoms with E-state index in [1.54, 1.807) is 6.92 Å². The number of esters is 1. The van der Waals surface area contributed by atoms with Crippen molar-refractivity contribution in [3.63, 3.8) is 0 Å². The highest BCUT2D eigenvalue weighted by molar-refractivity contribution is 9.09. The maximum absolute atomic E-state index is 11.5. The van der Waals surface area contributed by atoms with E-state index in [1.807, 2.05) is 0 Å². The van der Waals surface area contributed by atoms with E-state index >= 15 is 0 Å². The van der Waals surface area contributed by atoms with E-state index in [-0.39, 0.29) is 23.4 Å². The second-order valence-corrected chi connectivity index (χ2v) is 3.71. The van der Waals surface area contributed by atoms with E-state index in [0.29, 0.717) is 5.33 Å². The summed E-state index contributed by atoms with van der Waals surface area (Å²) in [6.45, 7) is 1.89. The molecule has 6 heteroatoms. The number of nitrogens with zero attached hydrogens (tertiary/aromatic N) is 1. The fraction of sp³-hybridized carbons (Fsp3) is 0.250. The van der Waals surface area contributed by atoms with Gasteiger partial charge in [-0.3, -0.25) is 10.1 Å². The molecular weight excluding hydrogens is 302 g/mol. The molecule has 0 fully saturated rings. The van der Waals surface area contributed by atoms with Gasteiger partial charge in [0.2, 0.25) is 0 Å². The number of benzene rings is 1. The molecule has 1 rings (SSSR count). The maximum atomic E-state index is 11.5. The Labute approximate surface area is 112 Å². The number of ether oxygens (including phenoxy) is 1. The van der Waals surface area contributed by atoms with Crippen LogP contribution in [0.3, 0.4) is 0 Å². The molecule has 0 saturated carbocycles. The topological polar surface area (TPSA) is 69.4 Å². The summed E-state index contributed by atoms with van der Waals surface area (Å²) in [7, 11) is 0. The molecule has 0 aliphatic heterocycles. The molecule has 0 amide bonds. The van der Waals surface area contributed by atoms with Gasteiger partial charge in [-0.2, -0.15) is 0 Å². The van der Waals surface area contributed by atoms with Crippen LogP contribution in [0.25, 0.3) is 0 Å². The third-order valence-corrected chi connectivity index (χ3v) is 2.28. The lowest BCUT2D eigenvalue weighted by atomic mass is 10.1. The summed E-state index contributed by atoms with van der Waals surface area (Å²) < 4.78 is 4.78. The third-order valence-electron chi connectivity index (χ3n) is 2.00. The average Bonchev–Trinajstić information content (AvgIpc) is 2.36. The standard InChI is InChI=1S/C12H10BrNO4/c1-2-18-12(15)10-6-5-9(4-3-7-13)11(8-10)14(16)17/h5-6,8H,2,7H2,1H3. The summed E-state index contributed by atoms with van der Waals surface area (Å²) in [6.07, 6.45) is 0. The molecule has 0 aliphatic rings. The number of hydrogen-bond donors (Lipinski definition) is 0. The summed E-state index contributed by atoms with van der Waals surface area (Å²) >= 11 is 3.11. The number of carbonyl (C=O) groups is 1. The highest BCUT2D eigenvalue weighted by Gasteiger charge is 2.16. The molecule has 0 spiro atoms. The Kier molecular flexibility index (Phi) is 5.33. The van der Waals surface area contributed by atoms with Crippen LogP contribution in [-0.2, 0) is 4.74 Å². The minimum atomic E-state index is -0.583. The minimum absolute atomic E-state index is 0.146. The lowest BCUT2D eigenvalue weighted by molar-refractivity contribution is -0.385. The van der Waals surface area contributed by atoms with Crippen LogP contribution in [0.5, 0.6) is 0 Å². The van der Waals surface area contributed by atoms with E-state index in [2.05, 4.69) is 27.8 Å².